The number of hydrogen-bond donors (Lipinski definition) is 2. The number of ether oxygens (including phenoxy) is 1. The number of aliphatic hydroxyl groups excluding tert-OH is 2. The number of hydrogen-bond acceptors (Lipinski definition) is 3. The van der Waals surface area contributed by atoms with Gasteiger partial charge in [-0.3, -0.25) is 0 Å². The average Bonchev–Trinajstić information content (AvgIpc) is 3.03. The number of aliphatic hydroxyl groups is 2. The Labute approximate surface area is 174 Å². The van der Waals surface area contributed by atoms with E-state index in [0.29, 0.717) is 11.7 Å². The number of benzene rings is 1. The Balaban J connectivity index is 1.59. The lowest BCUT2D eigenvalue weighted by Crippen LogP contribution is -2.44. The van der Waals surface area contributed by atoms with Crippen molar-refractivity contribution in [2.24, 2.45) is 17.3 Å². The maximum absolute atomic E-state index is 10.7. The molecule has 5 atom stereocenters. The van der Waals surface area contributed by atoms with Gasteiger partial charge in [0, 0.05) is 12.0 Å². The van der Waals surface area contributed by atoms with E-state index in [9.17, 15) is 10.2 Å². The molecular formula is C25H31BO3. The van der Waals surface area contributed by atoms with Crippen LogP contribution in [-0.4, -0.2) is 31.3 Å². The van der Waals surface area contributed by atoms with E-state index < -0.39 is 0 Å². The van der Waals surface area contributed by atoms with Crippen LogP contribution >= 0.6 is 0 Å². The van der Waals surface area contributed by atoms with E-state index in [2.05, 4.69) is 38.2 Å². The van der Waals surface area contributed by atoms with Gasteiger partial charge in [0.25, 0.3) is 0 Å². The third-order valence-electron chi connectivity index (χ3n) is 8.33. The largest absolute Gasteiger partial charge is 0.508 e. The summed E-state index contributed by atoms with van der Waals surface area (Å²) in [7, 11) is 4.14. The van der Waals surface area contributed by atoms with Gasteiger partial charge < -0.3 is 14.9 Å². The fraction of sp³-hybridized carbons (Fsp3) is 0.520. The van der Waals surface area contributed by atoms with Crippen molar-refractivity contribution in [1.82, 2.24) is 0 Å². The van der Waals surface area contributed by atoms with Gasteiger partial charge in [0.1, 0.15) is 19.4 Å². The second kappa shape index (κ2) is 6.80. The molecule has 2 N–H and O–H groups in total. The van der Waals surface area contributed by atoms with Crippen molar-refractivity contribution in [1.29, 1.82) is 0 Å². The zero-order valence-electron chi connectivity index (χ0n) is 17.5. The monoisotopic (exact) mass is 390 g/mol. The van der Waals surface area contributed by atoms with E-state index >= 15 is 0 Å². The minimum atomic E-state index is -0.228. The molecule has 0 aromatic heterocycles. The van der Waals surface area contributed by atoms with Crippen LogP contribution in [0.2, 0.25) is 5.31 Å². The lowest BCUT2D eigenvalue weighted by molar-refractivity contribution is 0.125. The summed E-state index contributed by atoms with van der Waals surface area (Å²) < 4.78 is 5.79. The maximum atomic E-state index is 10.7. The van der Waals surface area contributed by atoms with E-state index in [1.165, 1.54) is 11.1 Å². The van der Waals surface area contributed by atoms with Crippen LogP contribution in [0.1, 0.15) is 44.1 Å². The maximum Gasteiger partial charge on any atom is 0.115 e. The molecule has 2 saturated carbocycles. The Morgan fingerprint density at radius 3 is 2.72 bits per heavy atom. The Bertz CT molecular complexity index is 902. The van der Waals surface area contributed by atoms with E-state index in [0.717, 1.165) is 50.7 Å². The van der Waals surface area contributed by atoms with Gasteiger partial charge in [0.05, 0.1) is 13.2 Å². The van der Waals surface area contributed by atoms with Crippen molar-refractivity contribution in [3.05, 3.63) is 70.7 Å². The Morgan fingerprint density at radius 1 is 1.17 bits per heavy atom. The number of allylic oxidation sites excluding steroid dienone is 4. The Morgan fingerprint density at radius 2 is 1.97 bits per heavy atom. The number of rotatable bonds is 3. The topological polar surface area (TPSA) is 49.7 Å². The molecule has 0 amide bonds. The minimum Gasteiger partial charge on any atom is -0.508 e. The number of methoxy groups -OCH3 is 1. The summed E-state index contributed by atoms with van der Waals surface area (Å²) in [6.45, 7) is 0. The van der Waals surface area contributed by atoms with Crippen LogP contribution in [0.4, 0.5) is 0 Å². The molecule has 4 aliphatic carbocycles. The fourth-order valence-corrected chi connectivity index (χ4v) is 7.17. The molecule has 1 aromatic rings. The minimum absolute atomic E-state index is 0.0432. The molecule has 0 aliphatic heterocycles. The van der Waals surface area contributed by atoms with E-state index in [-0.39, 0.29) is 22.8 Å². The highest BCUT2D eigenvalue weighted by Crippen LogP contribution is 2.67. The van der Waals surface area contributed by atoms with Crippen molar-refractivity contribution in [2.75, 3.05) is 7.11 Å². The van der Waals surface area contributed by atoms with Crippen LogP contribution in [0, 0.1) is 17.3 Å². The normalized spacial score (nSPS) is 38.5. The van der Waals surface area contributed by atoms with Gasteiger partial charge in [-0.05, 0) is 73.2 Å². The number of fused-ring (bicyclic) bond motifs is 4. The van der Waals surface area contributed by atoms with Crippen LogP contribution in [0.15, 0.2) is 65.1 Å². The summed E-state index contributed by atoms with van der Waals surface area (Å²) in [5.74, 6) is 1.88. The molecular weight excluding hydrogens is 359 g/mol. The molecule has 29 heavy (non-hydrogen) atoms. The van der Waals surface area contributed by atoms with Crippen LogP contribution in [-0.2, 0) is 11.2 Å². The first-order chi connectivity index (χ1) is 13.9. The molecule has 1 aromatic carbocycles. The van der Waals surface area contributed by atoms with Crippen LogP contribution in [0.3, 0.4) is 0 Å². The zero-order valence-corrected chi connectivity index (χ0v) is 17.5. The highest BCUT2D eigenvalue weighted by Gasteiger charge is 2.56. The van der Waals surface area contributed by atoms with Gasteiger partial charge in [-0.1, -0.05) is 41.5 Å². The van der Waals surface area contributed by atoms with Crippen molar-refractivity contribution < 1.29 is 14.9 Å². The van der Waals surface area contributed by atoms with Crippen LogP contribution in [0.5, 0.6) is 0 Å². The third kappa shape index (κ3) is 2.91. The predicted molar refractivity (Wildman–Crippen MR) is 117 cm³/mol. The molecule has 0 saturated heterocycles. The van der Waals surface area contributed by atoms with E-state index in [1.807, 2.05) is 12.2 Å². The summed E-state index contributed by atoms with van der Waals surface area (Å²) >= 11 is 0. The molecule has 3 unspecified atom stereocenters. The van der Waals surface area contributed by atoms with Crippen LogP contribution < -0.4 is 0 Å². The lowest BCUT2D eigenvalue weighted by atomic mass is 9.42. The van der Waals surface area contributed by atoms with Gasteiger partial charge in [-0.2, -0.15) is 0 Å². The predicted octanol–water partition coefficient (Wildman–Crippen LogP) is 4.26. The molecule has 0 heterocycles. The third-order valence-corrected chi connectivity index (χ3v) is 8.33. The highest BCUT2D eigenvalue weighted by molar-refractivity contribution is 6.18. The highest BCUT2D eigenvalue weighted by atomic mass is 16.5. The molecule has 3 nitrogen and oxygen atoms in total. The quantitative estimate of drug-likeness (QED) is 0.599. The summed E-state index contributed by atoms with van der Waals surface area (Å²) in [5, 5.41) is 21.0. The summed E-state index contributed by atoms with van der Waals surface area (Å²) in [4.78, 5) is 0. The van der Waals surface area contributed by atoms with Crippen LogP contribution in [0.25, 0.3) is 0 Å². The zero-order chi connectivity index (χ0) is 20.2. The standard InChI is InChI=1S/C25H31BO3/c1-29-22-13-18(27)11-17-7-8-20-21-12-19(28)15-24(21,9-10-25(20,26)23(17)22)14-16-5-3-2-4-6-16/h2-6,11,13,17,19,23,27-28H,7-10,12,14-15,26H2,1H3/t17?,19-,23?,24?,25-/m1/s1. The van der Waals surface area contributed by atoms with Crippen molar-refractivity contribution in [3.63, 3.8) is 0 Å². The first-order valence-electron chi connectivity index (χ1n) is 11.1. The molecule has 5 rings (SSSR count). The van der Waals surface area contributed by atoms with Gasteiger partial charge in [-0.25, -0.2) is 0 Å². The summed E-state index contributed by atoms with van der Waals surface area (Å²) in [6.07, 6.45) is 10.7. The van der Waals surface area contributed by atoms with Gasteiger partial charge in [0.15, 0.2) is 0 Å². The Hall–Kier alpha value is -1.94. The molecule has 2 fully saturated rings. The summed E-state index contributed by atoms with van der Waals surface area (Å²) in [5.41, 5.74) is 4.59. The van der Waals surface area contributed by atoms with E-state index in [4.69, 9.17) is 4.74 Å². The lowest BCUT2D eigenvalue weighted by Gasteiger charge is -2.55. The van der Waals surface area contributed by atoms with Gasteiger partial charge in [0.2, 0.25) is 0 Å². The first-order valence-corrected chi connectivity index (χ1v) is 11.1. The molecule has 4 heteroatoms. The first kappa shape index (κ1) is 19.1. The van der Waals surface area contributed by atoms with E-state index in [1.54, 1.807) is 12.7 Å². The molecule has 0 radical (unpaired) electrons. The SMILES string of the molecule is B[C@]12CCC3(Cc4ccccc4)C[C@H](O)CC3=C1CCC1C=C(O)C=C(OC)C12. The molecule has 0 bridgehead atoms. The molecule has 4 aliphatic rings. The second-order valence-electron chi connectivity index (χ2n) is 9.90. The van der Waals surface area contributed by atoms with Gasteiger partial charge >= 0.3 is 0 Å². The van der Waals surface area contributed by atoms with Gasteiger partial charge in [-0.15, -0.1) is 0 Å². The second-order valence-corrected chi connectivity index (χ2v) is 9.90. The average molecular weight is 390 g/mol. The molecule has 0 spiro atoms. The molecule has 152 valence electrons. The Kier molecular flexibility index (Phi) is 4.47. The smallest absolute Gasteiger partial charge is 0.115 e. The van der Waals surface area contributed by atoms with Crippen molar-refractivity contribution in [2.45, 2.75) is 56.4 Å². The summed E-state index contributed by atoms with van der Waals surface area (Å²) in [6, 6.07) is 10.8. The van der Waals surface area contributed by atoms with Crippen molar-refractivity contribution >= 4 is 7.85 Å². The fourth-order valence-electron chi connectivity index (χ4n) is 7.17. The van der Waals surface area contributed by atoms with Crippen molar-refractivity contribution in [3.8, 4) is 0 Å².